The summed E-state index contributed by atoms with van der Waals surface area (Å²) in [5.74, 6) is -0.338. The van der Waals surface area contributed by atoms with Gasteiger partial charge in [0.15, 0.2) is 5.75 Å². The van der Waals surface area contributed by atoms with Gasteiger partial charge in [0, 0.05) is 25.6 Å². The number of rotatable bonds is 9. The minimum atomic E-state index is -3.95. The Morgan fingerprint density at radius 2 is 1.82 bits per heavy atom. The van der Waals surface area contributed by atoms with Crippen LogP contribution in [0, 0.1) is 5.92 Å². The van der Waals surface area contributed by atoms with E-state index in [1.54, 1.807) is 54.3 Å². The Labute approximate surface area is 245 Å². The number of anilines is 1. The molecule has 3 atom stereocenters. The van der Waals surface area contributed by atoms with Crippen LogP contribution in [0.5, 0.6) is 5.75 Å². The SMILES string of the molecule is C[C@H]1CN([C@@H](C)CO)C(=O)c2cccc(NS(=O)(=O)c3ccccc3)c2O[C@H]1CN(C)Cc1ccc(Cl)c(Cl)c1. The van der Waals surface area contributed by atoms with Crippen LogP contribution in [0.25, 0.3) is 0 Å². The third-order valence-electron chi connectivity index (χ3n) is 6.92. The molecule has 1 amide bonds. The highest BCUT2D eigenvalue weighted by molar-refractivity contribution is 7.92. The number of para-hydroxylation sites is 1. The number of amides is 1. The summed E-state index contributed by atoms with van der Waals surface area (Å²) in [7, 11) is -2.00. The summed E-state index contributed by atoms with van der Waals surface area (Å²) < 4.78 is 35.5. The molecule has 0 bridgehead atoms. The number of nitrogens with zero attached hydrogens (tertiary/aromatic N) is 2. The van der Waals surface area contributed by atoms with E-state index in [1.807, 2.05) is 26.1 Å². The topological polar surface area (TPSA) is 99.2 Å². The zero-order chi connectivity index (χ0) is 29.0. The van der Waals surface area contributed by atoms with Gasteiger partial charge in [-0.15, -0.1) is 0 Å². The second-order valence-electron chi connectivity index (χ2n) is 10.2. The van der Waals surface area contributed by atoms with Crippen LogP contribution in [-0.4, -0.2) is 68.1 Å². The smallest absolute Gasteiger partial charge is 0.262 e. The zero-order valence-corrected chi connectivity index (χ0v) is 24.9. The quantitative estimate of drug-likeness (QED) is 0.350. The van der Waals surface area contributed by atoms with Gasteiger partial charge in [-0.05, 0) is 55.9 Å². The first-order valence-corrected chi connectivity index (χ1v) is 15.2. The highest BCUT2D eigenvalue weighted by Crippen LogP contribution is 2.36. The average Bonchev–Trinajstić information content (AvgIpc) is 2.93. The third kappa shape index (κ3) is 6.90. The fourth-order valence-electron chi connectivity index (χ4n) is 4.67. The van der Waals surface area contributed by atoms with Gasteiger partial charge in [-0.25, -0.2) is 8.42 Å². The predicted molar refractivity (Wildman–Crippen MR) is 158 cm³/mol. The molecule has 2 N–H and O–H groups in total. The van der Waals surface area contributed by atoms with Crippen LogP contribution >= 0.6 is 23.2 Å². The monoisotopic (exact) mass is 605 g/mol. The van der Waals surface area contributed by atoms with Gasteiger partial charge in [-0.2, -0.15) is 0 Å². The molecule has 40 heavy (non-hydrogen) atoms. The maximum Gasteiger partial charge on any atom is 0.262 e. The molecule has 1 heterocycles. The molecular formula is C29H33Cl2N3O5S. The summed E-state index contributed by atoms with van der Waals surface area (Å²) in [5, 5.41) is 10.9. The van der Waals surface area contributed by atoms with Gasteiger partial charge in [0.05, 0.1) is 38.8 Å². The van der Waals surface area contributed by atoms with Gasteiger partial charge in [-0.3, -0.25) is 14.4 Å². The lowest BCUT2D eigenvalue weighted by Gasteiger charge is -2.38. The van der Waals surface area contributed by atoms with Crippen molar-refractivity contribution in [1.29, 1.82) is 0 Å². The lowest BCUT2D eigenvalue weighted by molar-refractivity contribution is 0.0344. The van der Waals surface area contributed by atoms with Crippen molar-refractivity contribution in [2.24, 2.45) is 5.92 Å². The number of benzene rings is 3. The number of carbonyl (C=O) groups excluding carboxylic acids is 1. The van der Waals surface area contributed by atoms with E-state index < -0.39 is 22.2 Å². The number of likely N-dealkylation sites (N-methyl/N-ethyl adjacent to an activating group) is 1. The third-order valence-corrected chi connectivity index (χ3v) is 9.04. The number of nitrogens with one attached hydrogen (secondary N) is 1. The van der Waals surface area contributed by atoms with Crippen LogP contribution in [0.15, 0.2) is 71.6 Å². The van der Waals surface area contributed by atoms with E-state index in [4.69, 9.17) is 27.9 Å². The summed E-state index contributed by atoms with van der Waals surface area (Å²) in [6.07, 6.45) is -0.421. The molecule has 0 saturated carbocycles. The largest absolute Gasteiger partial charge is 0.486 e. The molecule has 4 rings (SSSR count). The van der Waals surface area contributed by atoms with Crippen molar-refractivity contribution in [1.82, 2.24) is 9.80 Å². The van der Waals surface area contributed by atoms with E-state index in [-0.39, 0.29) is 40.3 Å². The summed E-state index contributed by atoms with van der Waals surface area (Å²) >= 11 is 12.3. The summed E-state index contributed by atoms with van der Waals surface area (Å²) in [6.45, 7) is 4.93. The van der Waals surface area contributed by atoms with Crippen molar-refractivity contribution in [3.63, 3.8) is 0 Å². The number of aliphatic hydroxyl groups excluding tert-OH is 1. The van der Waals surface area contributed by atoms with Crippen LogP contribution < -0.4 is 9.46 Å². The Hall–Kier alpha value is -2.82. The molecule has 11 heteroatoms. The Kier molecular flexibility index (Phi) is 9.64. The maximum absolute atomic E-state index is 13.7. The molecule has 0 radical (unpaired) electrons. The summed E-state index contributed by atoms with van der Waals surface area (Å²) in [5.41, 5.74) is 1.35. The van der Waals surface area contributed by atoms with Gasteiger partial charge < -0.3 is 14.7 Å². The Balaban J connectivity index is 1.70. The van der Waals surface area contributed by atoms with Crippen molar-refractivity contribution in [2.75, 3.05) is 31.5 Å². The van der Waals surface area contributed by atoms with E-state index in [2.05, 4.69) is 9.62 Å². The molecule has 0 unspecified atom stereocenters. The van der Waals surface area contributed by atoms with Crippen LogP contribution in [-0.2, 0) is 16.6 Å². The first-order chi connectivity index (χ1) is 19.0. The Bertz CT molecular complexity index is 1460. The van der Waals surface area contributed by atoms with Crippen LogP contribution in [0.2, 0.25) is 10.0 Å². The first-order valence-electron chi connectivity index (χ1n) is 12.9. The number of hydrogen-bond acceptors (Lipinski definition) is 6. The average molecular weight is 607 g/mol. The molecule has 0 aliphatic carbocycles. The number of halogens is 2. The highest BCUT2D eigenvalue weighted by atomic mass is 35.5. The normalized spacial score (nSPS) is 18.5. The fourth-order valence-corrected chi connectivity index (χ4v) is 6.07. The van der Waals surface area contributed by atoms with Crippen molar-refractivity contribution >= 4 is 44.8 Å². The molecule has 0 saturated heterocycles. The van der Waals surface area contributed by atoms with Gasteiger partial charge in [0.25, 0.3) is 15.9 Å². The molecule has 3 aromatic rings. The lowest BCUT2D eigenvalue weighted by atomic mass is 9.99. The molecule has 0 aromatic heterocycles. The molecular weight excluding hydrogens is 573 g/mol. The van der Waals surface area contributed by atoms with Gasteiger partial charge >= 0.3 is 0 Å². The van der Waals surface area contributed by atoms with E-state index in [0.717, 1.165) is 5.56 Å². The van der Waals surface area contributed by atoms with E-state index >= 15 is 0 Å². The van der Waals surface area contributed by atoms with Crippen LogP contribution in [0.3, 0.4) is 0 Å². The highest BCUT2D eigenvalue weighted by Gasteiger charge is 2.35. The van der Waals surface area contributed by atoms with Crippen molar-refractivity contribution in [3.8, 4) is 5.75 Å². The number of carbonyl (C=O) groups is 1. The van der Waals surface area contributed by atoms with E-state index in [0.29, 0.717) is 29.7 Å². The minimum Gasteiger partial charge on any atom is -0.486 e. The number of sulfonamides is 1. The molecule has 8 nitrogen and oxygen atoms in total. The maximum atomic E-state index is 13.7. The number of fused-ring (bicyclic) bond motifs is 1. The second kappa shape index (κ2) is 12.8. The number of aliphatic hydroxyl groups is 1. The second-order valence-corrected chi connectivity index (χ2v) is 12.7. The Morgan fingerprint density at radius 3 is 2.50 bits per heavy atom. The lowest BCUT2D eigenvalue weighted by Crippen LogP contribution is -2.49. The Morgan fingerprint density at radius 1 is 1.10 bits per heavy atom. The van der Waals surface area contributed by atoms with E-state index in [9.17, 15) is 18.3 Å². The minimum absolute atomic E-state index is 0.0894. The van der Waals surface area contributed by atoms with Crippen LogP contribution in [0.4, 0.5) is 5.69 Å². The van der Waals surface area contributed by atoms with Gasteiger partial charge in [0.1, 0.15) is 6.10 Å². The fraction of sp³-hybridized carbons (Fsp3) is 0.345. The van der Waals surface area contributed by atoms with Crippen LogP contribution in [0.1, 0.15) is 29.8 Å². The molecule has 1 aliphatic heterocycles. The molecule has 1 aliphatic rings. The summed E-state index contributed by atoms with van der Waals surface area (Å²) in [6, 6.07) is 17.8. The molecule has 214 valence electrons. The number of ether oxygens (including phenoxy) is 1. The van der Waals surface area contributed by atoms with E-state index in [1.165, 1.54) is 12.1 Å². The number of hydrogen-bond donors (Lipinski definition) is 2. The predicted octanol–water partition coefficient (Wildman–Crippen LogP) is 5.15. The molecule has 0 fully saturated rings. The standard InChI is InChI=1S/C29H33Cl2N3O5S/c1-19-15-34(20(2)18-35)29(36)23-10-7-11-26(32-40(37,38)22-8-5-4-6-9-22)28(23)39-27(19)17-33(3)16-21-12-13-24(30)25(31)14-21/h4-14,19-20,27,32,35H,15-18H2,1-3H3/t19-,20-,27-/m0/s1. The van der Waals surface area contributed by atoms with Crippen molar-refractivity contribution < 1.29 is 23.1 Å². The summed E-state index contributed by atoms with van der Waals surface area (Å²) in [4.78, 5) is 17.5. The van der Waals surface area contributed by atoms with Crippen molar-refractivity contribution in [3.05, 3.63) is 87.9 Å². The first kappa shape index (κ1) is 30.1. The molecule has 3 aromatic carbocycles. The molecule has 0 spiro atoms. The van der Waals surface area contributed by atoms with Gasteiger partial charge in [0.2, 0.25) is 0 Å². The van der Waals surface area contributed by atoms with Crippen molar-refractivity contribution in [2.45, 2.75) is 37.4 Å². The van der Waals surface area contributed by atoms with Gasteiger partial charge in [-0.1, -0.05) is 60.5 Å². The zero-order valence-electron chi connectivity index (χ0n) is 22.6.